The van der Waals surface area contributed by atoms with Gasteiger partial charge in [-0.1, -0.05) is 61.3 Å². The molecule has 2 fully saturated rings. The van der Waals surface area contributed by atoms with Crippen LogP contribution in [0.1, 0.15) is 50.3 Å². The topological polar surface area (TPSA) is 69.9 Å². The largest absolute Gasteiger partial charge is 0.351 e. The fraction of sp³-hybridized carbons (Fsp3) is 0.500. The van der Waals surface area contributed by atoms with Gasteiger partial charge in [0, 0.05) is 55.2 Å². The number of hydrogen-bond acceptors (Lipinski definition) is 3. The zero-order chi connectivity index (χ0) is 25.8. The van der Waals surface area contributed by atoms with E-state index in [9.17, 15) is 9.59 Å². The van der Waals surface area contributed by atoms with Crippen LogP contribution in [0.25, 0.3) is 0 Å². The SMILES string of the molecule is CC(C)[C@H]1CN(C(c2ccc(Cl)cc2)c2ccc(Cl)cc2)CCN1C(=O)CC1CCN(C(N)=O)CC1. The lowest BCUT2D eigenvalue weighted by molar-refractivity contribution is -0.139. The summed E-state index contributed by atoms with van der Waals surface area (Å²) < 4.78 is 0. The van der Waals surface area contributed by atoms with Gasteiger partial charge in [0.1, 0.15) is 0 Å². The number of urea groups is 1. The van der Waals surface area contributed by atoms with Crippen molar-refractivity contribution in [1.29, 1.82) is 0 Å². The molecule has 6 nitrogen and oxygen atoms in total. The standard InChI is InChI=1S/C28H36Cl2N4O2/c1-19(2)25-18-33(15-16-34(25)26(35)17-20-11-13-32(14-12-20)28(31)36)27(21-3-7-23(29)8-4-21)22-5-9-24(30)10-6-22/h3-10,19-20,25,27H,11-18H2,1-2H3,(H2,31,36)/t25-/m1/s1. The molecule has 2 aliphatic rings. The Hall–Kier alpha value is -2.28. The third-order valence-electron chi connectivity index (χ3n) is 7.67. The second kappa shape index (κ2) is 11.8. The zero-order valence-corrected chi connectivity index (χ0v) is 22.6. The summed E-state index contributed by atoms with van der Waals surface area (Å²) in [4.78, 5) is 31.1. The molecule has 0 unspecified atom stereocenters. The molecule has 4 rings (SSSR count). The Morgan fingerprint density at radius 3 is 1.89 bits per heavy atom. The molecule has 0 radical (unpaired) electrons. The molecule has 0 saturated carbocycles. The summed E-state index contributed by atoms with van der Waals surface area (Å²) in [5, 5.41) is 1.43. The molecule has 2 heterocycles. The van der Waals surface area contributed by atoms with Crippen LogP contribution in [0.3, 0.4) is 0 Å². The van der Waals surface area contributed by atoms with E-state index in [4.69, 9.17) is 28.9 Å². The van der Waals surface area contributed by atoms with E-state index < -0.39 is 0 Å². The number of carbonyl (C=O) groups excluding carboxylic acids is 2. The van der Waals surface area contributed by atoms with Gasteiger partial charge in [-0.15, -0.1) is 0 Å². The minimum Gasteiger partial charge on any atom is -0.351 e. The number of benzene rings is 2. The van der Waals surface area contributed by atoms with Crippen LogP contribution in [0.15, 0.2) is 48.5 Å². The normalized spacial score (nSPS) is 19.8. The molecule has 0 spiro atoms. The molecule has 0 bridgehead atoms. The number of nitrogens with two attached hydrogens (primary N) is 1. The molecule has 36 heavy (non-hydrogen) atoms. The summed E-state index contributed by atoms with van der Waals surface area (Å²) >= 11 is 12.4. The molecular weight excluding hydrogens is 495 g/mol. The molecule has 2 saturated heterocycles. The fourth-order valence-electron chi connectivity index (χ4n) is 5.57. The minimum atomic E-state index is -0.369. The Kier molecular flexibility index (Phi) is 8.81. The number of nitrogens with zero attached hydrogens (tertiary/aromatic N) is 3. The first-order chi connectivity index (χ1) is 17.2. The summed E-state index contributed by atoms with van der Waals surface area (Å²) in [7, 11) is 0. The van der Waals surface area contributed by atoms with Crippen molar-refractivity contribution in [3.63, 3.8) is 0 Å². The molecule has 0 aromatic heterocycles. The van der Waals surface area contributed by atoms with E-state index in [1.54, 1.807) is 4.90 Å². The molecule has 8 heteroatoms. The number of piperazine rings is 1. The van der Waals surface area contributed by atoms with Gasteiger partial charge in [-0.05, 0) is 60.1 Å². The van der Waals surface area contributed by atoms with E-state index in [1.807, 2.05) is 24.3 Å². The number of carbonyl (C=O) groups is 2. The fourth-order valence-corrected chi connectivity index (χ4v) is 5.82. The van der Waals surface area contributed by atoms with Crippen LogP contribution in [0.5, 0.6) is 0 Å². The van der Waals surface area contributed by atoms with Crippen LogP contribution in [-0.2, 0) is 4.79 Å². The molecule has 194 valence electrons. The van der Waals surface area contributed by atoms with Crippen molar-refractivity contribution in [1.82, 2.24) is 14.7 Å². The summed E-state index contributed by atoms with van der Waals surface area (Å²) in [6.45, 7) is 7.93. The predicted molar refractivity (Wildman–Crippen MR) is 145 cm³/mol. The lowest BCUT2D eigenvalue weighted by Crippen LogP contribution is -2.58. The Bertz CT molecular complexity index is 991. The quantitative estimate of drug-likeness (QED) is 0.540. The van der Waals surface area contributed by atoms with Gasteiger partial charge in [-0.2, -0.15) is 0 Å². The Balaban J connectivity index is 1.49. The third-order valence-corrected chi connectivity index (χ3v) is 8.17. The van der Waals surface area contributed by atoms with Crippen LogP contribution in [0, 0.1) is 11.8 Å². The molecular formula is C28H36Cl2N4O2. The zero-order valence-electron chi connectivity index (χ0n) is 21.1. The van der Waals surface area contributed by atoms with Crippen molar-refractivity contribution >= 4 is 35.1 Å². The van der Waals surface area contributed by atoms with Gasteiger partial charge in [0.2, 0.25) is 5.91 Å². The van der Waals surface area contributed by atoms with Crippen LogP contribution >= 0.6 is 23.2 Å². The van der Waals surface area contributed by atoms with Crippen molar-refractivity contribution in [2.45, 2.75) is 45.2 Å². The summed E-state index contributed by atoms with van der Waals surface area (Å²) in [6.07, 6.45) is 2.19. The maximum atomic E-state index is 13.5. The first kappa shape index (κ1) is 26.8. The number of halogens is 2. The maximum absolute atomic E-state index is 13.5. The van der Waals surface area contributed by atoms with Crippen molar-refractivity contribution in [3.05, 3.63) is 69.7 Å². The van der Waals surface area contributed by atoms with E-state index in [0.717, 1.165) is 25.9 Å². The van der Waals surface area contributed by atoms with Crippen molar-refractivity contribution in [3.8, 4) is 0 Å². The van der Waals surface area contributed by atoms with Crippen LogP contribution < -0.4 is 5.73 Å². The Morgan fingerprint density at radius 1 is 0.889 bits per heavy atom. The second-order valence-electron chi connectivity index (χ2n) is 10.4. The predicted octanol–water partition coefficient (Wildman–Crippen LogP) is 5.43. The third kappa shape index (κ3) is 6.34. The lowest BCUT2D eigenvalue weighted by atomic mass is 9.90. The van der Waals surface area contributed by atoms with Gasteiger partial charge >= 0.3 is 6.03 Å². The highest BCUT2D eigenvalue weighted by Crippen LogP contribution is 2.34. The highest BCUT2D eigenvalue weighted by molar-refractivity contribution is 6.30. The summed E-state index contributed by atoms with van der Waals surface area (Å²) in [6, 6.07) is 15.9. The van der Waals surface area contributed by atoms with Gasteiger partial charge in [-0.25, -0.2) is 4.79 Å². The van der Waals surface area contributed by atoms with Crippen LogP contribution in [0.4, 0.5) is 4.79 Å². The Labute approximate surface area is 224 Å². The summed E-state index contributed by atoms with van der Waals surface area (Å²) in [5.74, 6) is 0.847. The second-order valence-corrected chi connectivity index (χ2v) is 11.2. The number of rotatable bonds is 6. The maximum Gasteiger partial charge on any atom is 0.314 e. The van der Waals surface area contributed by atoms with Crippen molar-refractivity contribution < 1.29 is 9.59 Å². The van der Waals surface area contributed by atoms with Crippen LogP contribution in [0.2, 0.25) is 10.0 Å². The molecule has 2 aromatic rings. The number of hydrogen-bond donors (Lipinski definition) is 1. The first-order valence-electron chi connectivity index (χ1n) is 12.8. The van der Waals surface area contributed by atoms with Gasteiger partial charge in [0.15, 0.2) is 0 Å². The molecule has 1 atom stereocenters. The van der Waals surface area contributed by atoms with Crippen LogP contribution in [-0.4, -0.2) is 65.4 Å². The molecule has 2 aliphatic heterocycles. The molecule has 2 aromatic carbocycles. The van der Waals surface area contributed by atoms with Crippen molar-refractivity contribution in [2.75, 3.05) is 32.7 Å². The monoisotopic (exact) mass is 530 g/mol. The number of primary amides is 1. The summed E-state index contributed by atoms with van der Waals surface area (Å²) in [5.41, 5.74) is 7.76. The number of amides is 3. The minimum absolute atomic E-state index is 0.0520. The highest BCUT2D eigenvalue weighted by atomic mass is 35.5. The Morgan fingerprint density at radius 2 is 1.42 bits per heavy atom. The van der Waals surface area contributed by atoms with Crippen molar-refractivity contribution in [2.24, 2.45) is 17.6 Å². The first-order valence-corrected chi connectivity index (χ1v) is 13.6. The van der Waals surface area contributed by atoms with Gasteiger partial charge < -0.3 is 15.5 Å². The van der Waals surface area contributed by atoms with Gasteiger partial charge in [-0.3, -0.25) is 9.69 Å². The van der Waals surface area contributed by atoms with E-state index >= 15 is 0 Å². The molecule has 0 aliphatic carbocycles. The highest BCUT2D eigenvalue weighted by Gasteiger charge is 2.37. The number of likely N-dealkylation sites (tertiary alicyclic amines) is 1. The number of piperidine rings is 1. The average molecular weight is 532 g/mol. The van der Waals surface area contributed by atoms with E-state index in [2.05, 4.69) is 47.9 Å². The lowest BCUT2D eigenvalue weighted by Gasteiger charge is -2.47. The van der Waals surface area contributed by atoms with E-state index in [0.29, 0.717) is 47.9 Å². The van der Waals surface area contributed by atoms with E-state index in [1.165, 1.54) is 11.1 Å². The van der Waals surface area contributed by atoms with Gasteiger partial charge in [0.25, 0.3) is 0 Å². The smallest absolute Gasteiger partial charge is 0.314 e. The average Bonchev–Trinajstić information content (AvgIpc) is 2.86. The van der Waals surface area contributed by atoms with E-state index in [-0.39, 0.29) is 24.0 Å². The molecule has 3 amide bonds. The molecule has 2 N–H and O–H groups in total. The van der Waals surface area contributed by atoms with Gasteiger partial charge in [0.05, 0.1) is 6.04 Å².